The summed E-state index contributed by atoms with van der Waals surface area (Å²) in [5.74, 6) is -3.04. The molecule has 0 saturated carbocycles. The first-order valence-corrected chi connectivity index (χ1v) is 11.5. The van der Waals surface area contributed by atoms with Crippen molar-refractivity contribution in [2.45, 2.75) is 59.3 Å². The number of unbranched alkanes of at least 4 members (excludes halogenated alkanes) is 1. The number of carbonyl (C=O) groups excluding carboxylic acids is 2. The Morgan fingerprint density at radius 2 is 1.44 bits per heavy atom. The van der Waals surface area contributed by atoms with Crippen LogP contribution in [0.5, 0.6) is 0 Å². The lowest BCUT2D eigenvalue weighted by Crippen LogP contribution is -2.40. The summed E-state index contributed by atoms with van der Waals surface area (Å²) in [6.07, 6.45) is -8.63. The maximum absolute atomic E-state index is 13.3. The zero-order valence-electron chi connectivity index (χ0n) is 20.8. The average molecular weight is 517 g/mol. The summed E-state index contributed by atoms with van der Waals surface area (Å²) in [5, 5.41) is 2.20. The molecule has 0 bridgehead atoms. The van der Waals surface area contributed by atoms with Gasteiger partial charge in [-0.15, -0.1) is 0 Å². The second-order valence-electron chi connectivity index (χ2n) is 8.96. The molecule has 10 heteroatoms. The van der Waals surface area contributed by atoms with E-state index in [0.29, 0.717) is 30.7 Å². The first kappa shape index (κ1) is 29.2. The van der Waals surface area contributed by atoms with Crippen molar-refractivity contribution in [1.29, 1.82) is 0 Å². The summed E-state index contributed by atoms with van der Waals surface area (Å²) in [7, 11) is 1.57. The molecule has 4 nitrogen and oxygen atoms in total. The molecule has 0 heterocycles. The molecule has 0 spiro atoms. The molecule has 2 unspecified atom stereocenters. The monoisotopic (exact) mass is 516 g/mol. The smallest absolute Gasteiger partial charge is 0.326 e. The quantitative estimate of drug-likeness (QED) is 0.372. The van der Waals surface area contributed by atoms with E-state index in [4.69, 9.17) is 0 Å². The number of para-hydroxylation sites is 1. The molecule has 36 heavy (non-hydrogen) atoms. The van der Waals surface area contributed by atoms with Gasteiger partial charge in [-0.2, -0.15) is 26.3 Å². The Labute approximate surface area is 206 Å². The van der Waals surface area contributed by atoms with E-state index in [1.54, 1.807) is 14.0 Å². The zero-order chi connectivity index (χ0) is 27.4. The van der Waals surface area contributed by atoms with E-state index in [9.17, 15) is 35.9 Å². The van der Waals surface area contributed by atoms with Crippen molar-refractivity contribution in [3.8, 4) is 0 Å². The van der Waals surface area contributed by atoms with E-state index < -0.39 is 46.9 Å². The van der Waals surface area contributed by atoms with Gasteiger partial charge in [0.25, 0.3) is 0 Å². The molecule has 2 rings (SSSR count). The van der Waals surface area contributed by atoms with Gasteiger partial charge < -0.3 is 10.2 Å². The first-order chi connectivity index (χ1) is 16.6. The molecule has 2 aromatic carbocycles. The molecule has 1 N–H and O–H groups in total. The van der Waals surface area contributed by atoms with Crippen LogP contribution in [0.3, 0.4) is 0 Å². The maximum atomic E-state index is 13.3. The summed E-state index contributed by atoms with van der Waals surface area (Å²) >= 11 is 0. The third-order valence-electron chi connectivity index (χ3n) is 6.16. The molecule has 198 valence electrons. The number of nitrogens with zero attached hydrogens (tertiary/aromatic N) is 1. The van der Waals surface area contributed by atoms with Crippen molar-refractivity contribution in [3.63, 3.8) is 0 Å². The molecule has 0 saturated heterocycles. The largest absolute Gasteiger partial charge is 0.416 e. The maximum Gasteiger partial charge on any atom is 0.416 e. The lowest BCUT2D eigenvalue weighted by Gasteiger charge is -2.29. The Morgan fingerprint density at radius 3 is 1.89 bits per heavy atom. The highest BCUT2D eigenvalue weighted by Gasteiger charge is 2.38. The topological polar surface area (TPSA) is 49.4 Å². The van der Waals surface area contributed by atoms with Crippen LogP contribution in [0.15, 0.2) is 36.4 Å². The van der Waals surface area contributed by atoms with Crippen LogP contribution < -0.4 is 10.2 Å². The van der Waals surface area contributed by atoms with Crippen LogP contribution in [-0.4, -0.2) is 18.9 Å². The standard InChI is InChI=1S/C26H30F6N2O2/c1-6-7-11-21(17(4)24(36)34(5)22-15(2)9-8-10-16(22)3)23(35)33-20-13-18(25(27,28)29)12-19(14-20)26(30,31)32/h8-10,12-14,17,21H,6-7,11H2,1-5H3,(H,33,35). The van der Waals surface area contributed by atoms with Crippen LogP contribution in [0.4, 0.5) is 37.7 Å². The molecule has 0 aromatic heterocycles. The normalized spacial score (nSPS) is 13.8. The lowest BCUT2D eigenvalue weighted by atomic mass is 9.87. The molecular weight excluding hydrogens is 486 g/mol. The number of rotatable bonds is 8. The summed E-state index contributed by atoms with van der Waals surface area (Å²) in [4.78, 5) is 27.9. The number of anilines is 2. The molecule has 0 aliphatic rings. The van der Waals surface area contributed by atoms with Gasteiger partial charge in [-0.1, -0.05) is 44.9 Å². The Bertz CT molecular complexity index is 1040. The second kappa shape index (κ2) is 11.3. The van der Waals surface area contributed by atoms with Crippen LogP contribution in [0.2, 0.25) is 0 Å². The SMILES string of the molecule is CCCCC(C(=O)Nc1cc(C(F)(F)F)cc(C(F)(F)F)c1)C(C)C(=O)N(C)c1c(C)cccc1C. The van der Waals surface area contributed by atoms with E-state index in [1.807, 2.05) is 39.0 Å². The van der Waals surface area contributed by atoms with Crippen LogP contribution >= 0.6 is 0 Å². The molecule has 0 aliphatic carbocycles. The average Bonchev–Trinajstić information content (AvgIpc) is 2.77. The van der Waals surface area contributed by atoms with E-state index in [0.717, 1.165) is 11.1 Å². The Hall–Kier alpha value is -3.04. The number of carbonyl (C=O) groups is 2. The fourth-order valence-electron chi connectivity index (χ4n) is 4.22. The van der Waals surface area contributed by atoms with E-state index in [1.165, 1.54) is 4.90 Å². The van der Waals surface area contributed by atoms with Gasteiger partial charge in [0.1, 0.15) is 0 Å². The highest BCUT2D eigenvalue weighted by Crippen LogP contribution is 2.38. The fraction of sp³-hybridized carbons (Fsp3) is 0.462. The number of halogens is 6. The Balaban J connectivity index is 2.39. The molecule has 0 aliphatic heterocycles. The summed E-state index contributed by atoms with van der Waals surface area (Å²) in [5.41, 5.74) is -1.33. The van der Waals surface area contributed by atoms with Gasteiger partial charge in [-0.25, -0.2) is 0 Å². The minimum atomic E-state index is -5.04. The number of benzene rings is 2. The van der Waals surface area contributed by atoms with Gasteiger partial charge in [0, 0.05) is 30.3 Å². The predicted octanol–water partition coefficient (Wildman–Crippen LogP) is 7.39. The van der Waals surface area contributed by atoms with Crippen LogP contribution in [-0.2, 0) is 21.9 Å². The van der Waals surface area contributed by atoms with Crippen molar-refractivity contribution in [2.75, 3.05) is 17.3 Å². The van der Waals surface area contributed by atoms with Gasteiger partial charge in [0.2, 0.25) is 11.8 Å². The minimum Gasteiger partial charge on any atom is -0.326 e. The highest BCUT2D eigenvalue weighted by molar-refractivity contribution is 6.01. The number of hydrogen-bond donors (Lipinski definition) is 1. The summed E-state index contributed by atoms with van der Waals surface area (Å²) in [6, 6.07) is 6.43. The molecular formula is C26H30F6N2O2. The molecule has 0 fully saturated rings. The van der Waals surface area contributed by atoms with Crippen molar-refractivity contribution in [2.24, 2.45) is 11.8 Å². The lowest BCUT2D eigenvalue weighted by molar-refractivity contribution is -0.143. The number of aryl methyl sites for hydroxylation is 2. The Kier molecular flexibility index (Phi) is 9.20. The van der Waals surface area contributed by atoms with Crippen molar-refractivity contribution in [3.05, 3.63) is 58.7 Å². The predicted molar refractivity (Wildman–Crippen MR) is 127 cm³/mol. The number of hydrogen-bond acceptors (Lipinski definition) is 2. The summed E-state index contributed by atoms with van der Waals surface area (Å²) < 4.78 is 79.3. The molecule has 2 aromatic rings. The van der Waals surface area contributed by atoms with Crippen molar-refractivity contribution < 1.29 is 35.9 Å². The third kappa shape index (κ3) is 7.01. The molecule has 2 atom stereocenters. The Morgan fingerprint density at radius 1 is 0.944 bits per heavy atom. The van der Waals surface area contributed by atoms with Gasteiger partial charge in [0.05, 0.1) is 11.1 Å². The number of amides is 2. The third-order valence-corrected chi connectivity index (χ3v) is 6.16. The molecule has 0 radical (unpaired) electrons. The number of nitrogens with one attached hydrogen (secondary N) is 1. The van der Waals surface area contributed by atoms with Crippen LogP contribution in [0.25, 0.3) is 0 Å². The highest BCUT2D eigenvalue weighted by atomic mass is 19.4. The molecule has 2 amide bonds. The van der Waals surface area contributed by atoms with Gasteiger partial charge in [-0.05, 0) is 49.6 Å². The summed E-state index contributed by atoms with van der Waals surface area (Å²) in [6.45, 7) is 7.08. The fourth-order valence-corrected chi connectivity index (χ4v) is 4.22. The van der Waals surface area contributed by atoms with Gasteiger partial charge in [0.15, 0.2) is 0 Å². The van der Waals surface area contributed by atoms with E-state index in [-0.39, 0.29) is 18.4 Å². The van der Waals surface area contributed by atoms with E-state index in [2.05, 4.69) is 5.32 Å². The van der Waals surface area contributed by atoms with Gasteiger partial charge in [-0.3, -0.25) is 9.59 Å². The van der Waals surface area contributed by atoms with Crippen LogP contribution in [0.1, 0.15) is 55.4 Å². The minimum absolute atomic E-state index is 0.00411. The number of alkyl halides is 6. The first-order valence-electron chi connectivity index (χ1n) is 11.5. The zero-order valence-corrected chi connectivity index (χ0v) is 20.8. The van der Waals surface area contributed by atoms with Crippen LogP contribution in [0, 0.1) is 25.7 Å². The van der Waals surface area contributed by atoms with E-state index >= 15 is 0 Å². The van der Waals surface area contributed by atoms with Crippen molar-refractivity contribution in [1.82, 2.24) is 0 Å². The van der Waals surface area contributed by atoms with Crippen molar-refractivity contribution >= 4 is 23.2 Å². The van der Waals surface area contributed by atoms with Gasteiger partial charge >= 0.3 is 12.4 Å². The second-order valence-corrected chi connectivity index (χ2v) is 8.96.